The first-order valence-corrected chi connectivity index (χ1v) is 8.55. The number of benzene rings is 2. The predicted octanol–water partition coefficient (Wildman–Crippen LogP) is 3.03. The topological polar surface area (TPSA) is 132 Å². The van der Waals surface area contributed by atoms with E-state index in [1.807, 2.05) is 6.07 Å². The lowest BCUT2D eigenvalue weighted by atomic mass is 10.1. The normalized spacial score (nSPS) is 10.5. The number of nitro groups is 1. The largest absolute Gasteiger partial charge is 0.493 e. The van der Waals surface area contributed by atoms with Gasteiger partial charge >= 0.3 is 5.97 Å². The number of nitriles is 1. The van der Waals surface area contributed by atoms with Crippen molar-refractivity contribution in [3.8, 4) is 17.6 Å². The van der Waals surface area contributed by atoms with Crippen LogP contribution in [0.1, 0.15) is 15.9 Å². The molecule has 0 saturated heterocycles. The van der Waals surface area contributed by atoms with Crippen molar-refractivity contribution < 1.29 is 24.0 Å². The molecule has 0 radical (unpaired) electrons. The molecule has 0 heterocycles. The lowest BCUT2D eigenvalue weighted by Gasteiger charge is -2.10. The number of non-ortho nitro benzene ring substituents is 1. The van der Waals surface area contributed by atoms with Gasteiger partial charge in [0.15, 0.2) is 11.5 Å². The van der Waals surface area contributed by atoms with Gasteiger partial charge in [-0.1, -0.05) is 12.1 Å². The molecule has 0 unspecified atom stereocenters. The second kappa shape index (κ2) is 10.2. The van der Waals surface area contributed by atoms with Crippen LogP contribution in [0.15, 0.2) is 60.7 Å². The summed E-state index contributed by atoms with van der Waals surface area (Å²) in [4.78, 5) is 34.4. The molecule has 9 nitrogen and oxygen atoms in total. The molecule has 0 aliphatic rings. The average molecular weight is 407 g/mol. The van der Waals surface area contributed by atoms with Crippen LogP contribution in [0.4, 0.5) is 5.69 Å². The van der Waals surface area contributed by atoms with Crippen LogP contribution in [-0.2, 0) is 4.79 Å². The van der Waals surface area contributed by atoms with Gasteiger partial charge in [0.1, 0.15) is 11.6 Å². The molecule has 0 spiro atoms. The minimum atomic E-state index is -0.729. The van der Waals surface area contributed by atoms with Crippen molar-refractivity contribution in [3.63, 3.8) is 0 Å². The number of nitrogens with one attached hydrogen (secondary N) is 1. The molecule has 0 atom stereocenters. The fourth-order valence-corrected chi connectivity index (χ4v) is 2.31. The van der Waals surface area contributed by atoms with Crippen LogP contribution in [0.2, 0.25) is 0 Å². The van der Waals surface area contributed by atoms with Crippen molar-refractivity contribution in [2.24, 2.45) is 0 Å². The van der Waals surface area contributed by atoms with E-state index in [-0.39, 0.29) is 34.9 Å². The number of methoxy groups -OCH3 is 1. The first-order chi connectivity index (χ1) is 14.4. The Labute approximate surface area is 172 Å². The average Bonchev–Trinajstić information content (AvgIpc) is 2.76. The maximum absolute atomic E-state index is 12.3. The molecule has 0 aliphatic heterocycles. The number of ether oxygens (including phenoxy) is 2. The fourth-order valence-electron chi connectivity index (χ4n) is 2.31. The molecule has 30 heavy (non-hydrogen) atoms. The van der Waals surface area contributed by atoms with Gasteiger partial charge in [-0.3, -0.25) is 14.9 Å². The van der Waals surface area contributed by atoms with Gasteiger partial charge in [-0.2, -0.15) is 5.26 Å². The van der Waals surface area contributed by atoms with E-state index in [0.717, 1.165) is 0 Å². The number of amides is 1. The summed E-state index contributed by atoms with van der Waals surface area (Å²) in [6, 6.07) is 11.3. The van der Waals surface area contributed by atoms with Crippen LogP contribution in [0.5, 0.6) is 11.5 Å². The summed E-state index contributed by atoms with van der Waals surface area (Å²) in [5, 5.41) is 22.4. The first kappa shape index (κ1) is 21.8. The molecule has 152 valence electrons. The zero-order valence-corrected chi connectivity index (χ0v) is 16.0. The van der Waals surface area contributed by atoms with E-state index in [4.69, 9.17) is 9.47 Å². The van der Waals surface area contributed by atoms with Gasteiger partial charge in [0, 0.05) is 18.7 Å². The Bertz CT molecular complexity index is 1050. The Morgan fingerprint density at radius 3 is 2.50 bits per heavy atom. The van der Waals surface area contributed by atoms with Crippen molar-refractivity contribution >= 4 is 23.6 Å². The fraction of sp³-hybridized carbons (Fsp3) is 0.0952. The van der Waals surface area contributed by atoms with E-state index in [1.165, 1.54) is 55.7 Å². The summed E-state index contributed by atoms with van der Waals surface area (Å²) in [5.41, 5.74) is 0.338. The Hall–Kier alpha value is -4.45. The Balaban J connectivity index is 2.22. The lowest BCUT2D eigenvalue weighted by Crippen LogP contribution is -2.24. The Morgan fingerprint density at radius 2 is 1.93 bits per heavy atom. The molecule has 2 aromatic carbocycles. The zero-order valence-electron chi connectivity index (χ0n) is 16.0. The number of hydrogen-bond donors (Lipinski definition) is 1. The summed E-state index contributed by atoms with van der Waals surface area (Å²) in [6.07, 6.45) is 2.85. The summed E-state index contributed by atoms with van der Waals surface area (Å²) in [6.45, 7) is 3.71. The number of nitrogens with zero attached hydrogens (tertiary/aromatic N) is 2. The van der Waals surface area contributed by atoms with Crippen molar-refractivity contribution in [3.05, 3.63) is 81.9 Å². The van der Waals surface area contributed by atoms with Gasteiger partial charge in [-0.25, -0.2) is 4.79 Å². The van der Waals surface area contributed by atoms with Gasteiger partial charge in [-0.05, 0) is 35.9 Å². The summed E-state index contributed by atoms with van der Waals surface area (Å²) >= 11 is 0. The summed E-state index contributed by atoms with van der Waals surface area (Å²) in [7, 11) is 1.37. The van der Waals surface area contributed by atoms with E-state index >= 15 is 0 Å². The Morgan fingerprint density at radius 1 is 1.23 bits per heavy atom. The van der Waals surface area contributed by atoms with Gasteiger partial charge in [0.05, 0.1) is 17.6 Å². The quantitative estimate of drug-likeness (QED) is 0.135. The van der Waals surface area contributed by atoms with Crippen LogP contribution >= 0.6 is 0 Å². The third-order valence-corrected chi connectivity index (χ3v) is 3.79. The summed E-state index contributed by atoms with van der Waals surface area (Å²) in [5.74, 6) is -0.978. The van der Waals surface area contributed by atoms with Gasteiger partial charge in [0.2, 0.25) is 0 Å². The van der Waals surface area contributed by atoms with Crippen LogP contribution in [-0.4, -0.2) is 30.5 Å². The molecule has 0 aliphatic carbocycles. The third-order valence-electron chi connectivity index (χ3n) is 3.79. The molecule has 2 rings (SSSR count). The lowest BCUT2D eigenvalue weighted by molar-refractivity contribution is -0.384. The molecule has 2 aromatic rings. The van der Waals surface area contributed by atoms with Crippen molar-refractivity contribution in [1.29, 1.82) is 5.26 Å². The van der Waals surface area contributed by atoms with E-state index < -0.39 is 16.8 Å². The van der Waals surface area contributed by atoms with Crippen LogP contribution in [0.3, 0.4) is 0 Å². The molecule has 0 bridgehead atoms. The summed E-state index contributed by atoms with van der Waals surface area (Å²) < 4.78 is 10.5. The number of nitro benzene ring substituents is 1. The standard InChI is InChI=1S/C21H17N3O6/c1-3-10-23-20(25)16(13-22)11-14-4-9-18(19(12-14)29-2)30-21(26)15-5-7-17(8-6-15)24(27)28/h3-9,11-12H,1,10H2,2H3,(H,23,25). The van der Waals surface area contributed by atoms with Gasteiger partial charge in [0.25, 0.3) is 11.6 Å². The zero-order chi connectivity index (χ0) is 22.1. The first-order valence-electron chi connectivity index (χ1n) is 8.55. The van der Waals surface area contributed by atoms with E-state index in [1.54, 1.807) is 6.07 Å². The van der Waals surface area contributed by atoms with Crippen molar-refractivity contribution in [1.82, 2.24) is 5.32 Å². The highest BCUT2D eigenvalue weighted by Gasteiger charge is 2.15. The van der Waals surface area contributed by atoms with E-state index in [2.05, 4.69) is 11.9 Å². The molecule has 0 saturated carbocycles. The second-order valence-electron chi connectivity index (χ2n) is 5.77. The SMILES string of the molecule is C=CCNC(=O)C(C#N)=Cc1ccc(OC(=O)c2ccc([N+](=O)[O-])cc2)c(OC)c1. The van der Waals surface area contributed by atoms with E-state index in [0.29, 0.717) is 5.56 Å². The molecular formula is C21H17N3O6. The minimum absolute atomic E-state index is 0.104. The Kier molecular flexibility index (Phi) is 7.42. The number of hydrogen-bond acceptors (Lipinski definition) is 7. The molecule has 9 heteroatoms. The highest BCUT2D eigenvalue weighted by molar-refractivity contribution is 6.01. The van der Waals surface area contributed by atoms with Gasteiger partial charge < -0.3 is 14.8 Å². The molecular weight excluding hydrogens is 390 g/mol. The van der Waals surface area contributed by atoms with Crippen molar-refractivity contribution in [2.75, 3.05) is 13.7 Å². The maximum atomic E-state index is 12.3. The number of carbonyl (C=O) groups excluding carboxylic acids is 2. The highest BCUT2D eigenvalue weighted by atomic mass is 16.6. The monoisotopic (exact) mass is 407 g/mol. The van der Waals surface area contributed by atoms with Crippen LogP contribution < -0.4 is 14.8 Å². The van der Waals surface area contributed by atoms with E-state index in [9.17, 15) is 25.0 Å². The van der Waals surface area contributed by atoms with Crippen LogP contribution in [0, 0.1) is 21.4 Å². The molecule has 1 amide bonds. The smallest absolute Gasteiger partial charge is 0.343 e. The second-order valence-corrected chi connectivity index (χ2v) is 5.77. The maximum Gasteiger partial charge on any atom is 0.343 e. The predicted molar refractivity (Wildman–Crippen MR) is 108 cm³/mol. The molecule has 0 aromatic heterocycles. The highest BCUT2D eigenvalue weighted by Crippen LogP contribution is 2.30. The number of carbonyl (C=O) groups is 2. The molecule has 1 N–H and O–H groups in total. The van der Waals surface area contributed by atoms with Crippen LogP contribution in [0.25, 0.3) is 6.08 Å². The number of esters is 1. The third kappa shape index (κ3) is 5.53. The number of rotatable bonds is 8. The van der Waals surface area contributed by atoms with Gasteiger partial charge in [-0.15, -0.1) is 6.58 Å². The van der Waals surface area contributed by atoms with Crippen molar-refractivity contribution in [2.45, 2.75) is 0 Å². The minimum Gasteiger partial charge on any atom is -0.493 e. The molecule has 0 fully saturated rings.